The number of hydrogen-bond acceptors (Lipinski definition) is 3. The van der Waals surface area contributed by atoms with Gasteiger partial charge in [0.15, 0.2) is 5.82 Å². The number of hydrogen-bond donors (Lipinski definition) is 2. The van der Waals surface area contributed by atoms with Crippen LogP contribution in [0.15, 0.2) is 0 Å². The number of nitrogens with zero attached hydrogens (tertiary/aromatic N) is 2. The van der Waals surface area contributed by atoms with Gasteiger partial charge >= 0.3 is 0 Å². The molecule has 0 atom stereocenters. The largest absolute Gasteiger partial charge is 0.314 e. The first-order valence-electron chi connectivity index (χ1n) is 5.52. The number of nitrogens with one attached hydrogen (secondary N) is 2. The Bertz CT molecular complexity index is 277. The van der Waals surface area contributed by atoms with Crippen molar-refractivity contribution in [3.8, 4) is 0 Å². The fourth-order valence-electron chi connectivity index (χ4n) is 1.47. The van der Waals surface area contributed by atoms with E-state index in [0.717, 1.165) is 43.5 Å². The van der Waals surface area contributed by atoms with E-state index in [0.29, 0.717) is 0 Å². The van der Waals surface area contributed by atoms with Crippen molar-refractivity contribution in [3.63, 3.8) is 0 Å². The smallest absolute Gasteiger partial charge is 0.151 e. The van der Waals surface area contributed by atoms with E-state index >= 15 is 0 Å². The summed E-state index contributed by atoms with van der Waals surface area (Å²) in [5, 5.41) is 10.6. The lowest BCUT2D eigenvalue weighted by Gasteiger charge is -1.97. The summed E-state index contributed by atoms with van der Waals surface area (Å²) in [4.78, 5) is 4.41. The van der Waals surface area contributed by atoms with Crippen molar-refractivity contribution < 1.29 is 0 Å². The molecule has 0 aliphatic heterocycles. The molecule has 78 valence electrons. The number of rotatable bonds is 6. The second kappa shape index (κ2) is 4.55. The van der Waals surface area contributed by atoms with Crippen LogP contribution in [0.2, 0.25) is 0 Å². The van der Waals surface area contributed by atoms with Gasteiger partial charge in [0.25, 0.3) is 0 Å². The SMILES string of the molecule is CCCc1nc(CCNC2CC2)n[nH]1. The summed E-state index contributed by atoms with van der Waals surface area (Å²) in [7, 11) is 0. The van der Waals surface area contributed by atoms with Crippen LogP contribution in [0, 0.1) is 0 Å². The monoisotopic (exact) mass is 194 g/mol. The molecule has 0 saturated heterocycles. The number of aryl methyl sites for hydroxylation is 1. The van der Waals surface area contributed by atoms with E-state index < -0.39 is 0 Å². The zero-order chi connectivity index (χ0) is 9.80. The highest BCUT2D eigenvalue weighted by Gasteiger charge is 2.19. The molecule has 1 fully saturated rings. The normalized spacial score (nSPS) is 16.1. The van der Waals surface area contributed by atoms with Crippen LogP contribution in [-0.4, -0.2) is 27.8 Å². The van der Waals surface area contributed by atoms with Gasteiger partial charge in [0.05, 0.1) is 0 Å². The Morgan fingerprint density at radius 2 is 2.29 bits per heavy atom. The Hall–Kier alpha value is -0.900. The minimum atomic E-state index is 0.782. The van der Waals surface area contributed by atoms with Gasteiger partial charge < -0.3 is 5.32 Å². The Morgan fingerprint density at radius 1 is 1.43 bits per heavy atom. The molecular formula is C10H18N4. The van der Waals surface area contributed by atoms with E-state index in [2.05, 4.69) is 27.4 Å². The molecule has 14 heavy (non-hydrogen) atoms. The van der Waals surface area contributed by atoms with Gasteiger partial charge in [-0.15, -0.1) is 0 Å². The molecule has 2 N–H and O–H groups in total. The van der Waals surface area contributed by atoms with Gasteiger partial charge in [0.2, 0.25) is 0 Å². The third-order valence-electron chi connectivity index (χ3n) is 2.42. The highest BCUT2D eigenvalue weighted by molar-refractivity contribution is 4.91. The lowest BCUT2D eigenvalue weighted by Crippen LogP contribution is -2.19. The quantitative estimate of drug-likeness (QED) is 0.711. The third kappa shape index (κ3) is 2.80. The van der Waals surface area contributed by atoms with Crippen LogP contribution in [0.25, 0.3) is 0 Å². The van der Waals surface area contributed by atoms with E-state index in [4.69, 9.17) is 0 Å². The number of aromatic amines is 1. The average Bonchev–Trinajstić information content (AvgIpc) is 2.88. The van der Waals surface area contributed by atoms with Crippen LogP contribution >= 0.6 is 0 Å². The molecule has 1 aliphatic carbocycles. The van der Waals surface area contributed by atoms with E-state index in [1.807, 2.05) is 0 Å². The molecule has 4 heteroatoms. The molecule has 2 rings (SSSR count). The van der Waals surface area contributed by atoms with Crippen LogP contribution in [0.1, 0.15) is 37.8 Å². The summed E-state index contributed by atoms with van der Waals surface area (Å²) in [6.45, 7) is 3.16. The van der Waals surface area contributed by atoms with Crippen molar-refractivity contribution in [1.82, 2.24) is 20.5 Å². The molecule has 1 saturated carbocycles. The minimum absolute atomic E-state index is 0.782. The summed E-state index contributed by atoms with van der Waals surface area (Å²) in [5.41, 5.74) is 0. The van der Waals surface area contributed by atoms with E-state index in [1.54, 1.807) is 0 Å². The lowest BCUT2D eigenvalue weighted by molar-refractivity contribution is 0.667. The maximum absolute atomic E-state index is 4.41. The average molecular weight is 194 g/mol. The molecule has 0 bridgehead atoms. The van der Waals surface area contributed by atoms with Gasteiger partial charge in [-0.25, -0.2) is 4.98 Å². The van der Waals surface area contributed by atoms with Crippen molar-refractivity contribution in [2.45, 2.75) is 45.1 Å². The van der Waals surface area contributed by atoms with E-state index in [-0.39, 0.29) is 0 Å². The van der Waals surface area contributed by atoms with Crippen LogP contribution in [0.3, 0.4) is 0 Å². The highest BCUT2D eigenvalue weighted by Crippen LogP contribution is 2.18. The van der Waals surface area contributed by atoms with Gasteiger partial charge in [-0.2, -0.15) is 5.10 Å². The zero-order valence-corrected chi connectivity index (χ0v) is 8.71. The fourth-order valence-corrected chi connectivity index (χ4v) is 1.47. The van der Waals surface area contributed by atoms with Crippen molar-refractivity contribution in [1.29, 1.82) is 0 Å². The predicted molar refractivity (Wildman–Crippen MR) is 55.1 cm³/mol. The van der Waals surface area contributed by atoms with Crippen molar-refractivity contribution in [3.05, 3.63) is 11.6 Å². The molecule has 0 radical (unpaired) electrons. The van der Waals surface area contributed by atoms with E-state index in [9.17, 15) is 0 Å². The van der Waals surface area contributed by atoms with Crippen molar-refractivity contribution >= 4 is 0 Å². The molecule has 4 nitrogen and oxygen atoms in total. The Balaban J connectivity index is 1.71. The van der Waals surface area contributed by atoms with Gasteiger partial charge in [-0.1, -0.05) is 6.92 Å². The van der Waals surface area contributed by atoms with Crippen LogP contribution in [0.5, 0.6) is 0 Å². The van der Waals surface area contributed by atoms with Gasteiger partial charge in [-0.3, -0.25) is 5.10 Å². The lowest BCUT2D eigenvalue weighted by atomic mass is 10.3. The Kier molecular flexibility index (Phi) is 3.14. The predicted octanol–water partition coefficient (Wildman–Crippen LogP) is 1.05. The summed E-state index contributed by atoms with van der Waals surface area (Å²) in [6.07, 6.45) is 5.75. The summed E-state index contributed by atoms with van der Waals surface area (Å²) in [5.74, 6) is 1.97. The molecule has 0 unspecified atom stereocenters. The van der Waals surface area contributed by atoms with Crippen LogP contribution < -0.4 is 5.32 Å². The van der Waals surface area contributed by atoms with Crippen LogP contribution in [-0.2, 0) is 12.8 Å². The molecular weight excluding hydrogens is 176 g/mol. The molecule has 1 aromatic heterocycles. The molecule has 1 aromatic rings. The van der Waals surface area contributed by atoms with E-state index in [1.165, 1.54) is 12.8 Å². The summed E-state index contributed by atoms with van der Waals surface area (Å²) < 4.78 is 0. The number of aromatic nitrogens is 3. The van der Waals surface area contributed by atoms with Crippen LogP contribution in [0.4, 0.5) is 0 Å². The minimum Gasteiger partial charge on any atom is -0.314 e. The first kappa shape index (κ1) is 9.65. The first-order valence-corrected chi connectivity index (χ1v) is 5.52. The van der Waals surface area contributed by atoms with Gasteiger partial charge in [0.1, 0.15) is 5.82 Å². The first-order chi connectivity index (χ1) is 6.88. The third-order valence-corrected chi connectivity index (χ3v) is 2.42. The summed E-state index contributed by atoms with van der Waals surface area (Å²) >= 11 is 0. The number of H-pyrrole nitrogens is 1. The topological polar surface area (TPSA) is 53.6 Å². The second-order valence-electron chi connectivity index (χ2n) is 3.93. The standard InChI is InChI=1S/C10H18N4/c1-2-3-9-12-10(14-13-9)6-7-11-8-4-5-8/h8,11H,2-7H2,1H3,(H,12,13,14). The Morgan fingerprint density at radius 3 is 3.00 bits per heavy atom. The van der Waals surface area contributed by atoms with Gasteiger partial charge in [0, 0.05) is 25.4 Å². The molecule has 0 aromatic carbocycles. The molecule has 1 aliphatic rings. The zero-order valence-electron chi connectivity index (χ0n) is 8.71. The Labute approximate surface area is 84.5 Å². The maximum Gasteiger partial charge on any atom is 0.151 e. The maximum atomic E-state index is 4.41. The summed E-state index contributed by atoms with van der Waals surface area (Å²) in [6, 6.07) is 0.782. The molecule has 0 spiro atoms. The highest BCUT2D eigenvalue weighted by atomic mass is 15.2. The van der Waals surface area contributed by atoms with Crippen molar-refractivity contribution in [2.24, 2.45) is 0 Å². The second-order valence-corrected chi connectivity index (χ2v) is 3.93. The molecule has 0 amide bonds. The fraction of sp³-hybridized carbons (Fsp3) is 0.800. The van der Waals surface area contributed by atoms with Gasteiger partial charge in [-0.05, 0) is 19.3 Å². The molecule has 1 heterocycles. The van der Waals surface area contributed by atoms with Crippen molar-refractivity contribution in [2.75, 3.05) is 6.54 Å².